The van der Waals surface area contributed by atoms with Crippen molar-refractivity contribution in [3.8, 4) is 0 Å². The van der Waals surface area contributed by atoms with Gasteiger partial charge in [-0.3, -0.25) is 14.4 Å². The number of nitrogens with one attached hydrogen (secondary N) is 2. The average molecular weight is 619 g/mol. The van der Waals surface area contributed by atoms with Gasteiger partial charge in [0.2, 0.25) is 11.8 Å². The Hall–Kier alpha value is -3.89. The summed E-state index contributed by atoms with van der Waals surface area (Å²) >= 11 is 2.77. The van der Waals surface area contributed by atoms with E-state index in [4.69, 9.17) is 4.74 Å². The number of anilines is 2. The van der Waals surface area contributed by atoms with Gasteiger partial charge in [0.1, 0.15) is 5.00 Å². The number of aliphatic carboxylic acids is 1. The van der Waals surface area contributed by atoms with E-state index in [0.717, 1.165) is 34.6 Å². The molecule has 2 aliphatic carbocycles. The Kier molecular flexibility index (Phi) is 9.67. The van der Waals surface area contributed by atoms with Crippen molar-refractivity contribution in [2.24, 2.45) is 11.8 Å². The largest absolute Gasteiger partial charge is 0.481 e. The highest BCUT2D eigenvalue weighted by Gasteiger charge is 2.34. The number of thiophene rings is 1. The zero-order valence-electron chi connectivity index (χ0n) is 24.0. The van der Waals surface area contributed by atoms with Gasteiger partial charge in [0.05, 0.1) is 29.8 Å². The fraction of sp³-hybridized carbons (Fsp3) is 0.333. The van der Waals surface area contributed by atoms with Crippen molar-refractivity contribution in [3.05, 3.63) is 88.3 Å². The number of benzene rings is 2. The molecule has 5 rings (SSSR count). The van der Waals surface area contributed by atoms with Gasteiger partial charge >= 0.3 is 11.9 Å². The minimum Gasteiger partial charge on any atom is -0.481 e. The minimum absolute atomic E-state index is 0.249. The van der Waals surface area contributed by atoms with Crippen LogP contribution in [0.2, 0.25) is 0 Å². The number of methoxy groups -OCH3 is 1. The Morgan fingerprint density at radius 1 is 1.00 bits per heavy atom. The monoisotopic (exact) mass is 618 g/mol. The standard InChI is InChI=1S/C33H34N2O6S2/c1-19(42-23-12-8-11-22(18-23)34-30(37)24-13-6-7-14-25(24)32(38)39)29(36)35-31-28(33(40)41-2)26-16-15-21(17-27(26)43-31)20-9-4-3-5-10-20/h3-12,18-19,21,24-25H,13-17H2,1-2H3,(H,34,37)(H,35,36)(H,38,39). The first-order chi connectivity index (χ1) is 20.7. The van der Waals surface area contributed by atoms with Crippen LogP contribution in [0.25, 0.3) is 0 Å². The maximum absolute atomic E-state index is 13.3. The Bertz CT molecular complexity index is 1550. The molecule has 0 radical (unpaired) electrons. The van der Waals surface area contributed by atoms with Gasteiger partial charge in [-0.25, -0.2) is 4.79 Å². The highest BCUT2D eigenvalue weighted by molar-refractivity contribution is 8.00. The normalized spacial score (nSPS) is 20.0. The molecule has 43 heavy (non-hydrogen) atoms. The lowest BCUT2D eigenvalue weighted by molar-refractivity contribution is -0.146. The quantitative estimate of drug-likeness (QED) is 0.142. The van der Waals surface area contributed by atoms with Crippen LogP contribution >= 0.6 is 23.1 Å². The number of ether oxygens (including phenoxy) is 1. The van der Waals surface area contributed by atoms with Gasteiger partial charge in [-0.15, -0.1) is 23.1 Å². The maximum Gasteiger partial charge on any atom is 0.341 e. The first-order valence-electron chi connectivity index (χ1n) is 14.3. The Morgan fingerprint density at radius 3 is 2.47 bits per heavy atom. The summed E-state index contributed by atoms with van der Waals surface area (Å²) in [6, 6.07) is 17.5. The molecule has 3 N–H and O–H groups in total. The van der Waals surface area contributed by atoms with E-state index in [-0.39, 0.29) is 11.8 Å². The highest BCUT2D eigenvalue weighted by Crippen LogP contribution is 2.43. The molecule has 8 nitrogen and oxygen atoms in total. The molecule has 2 amide bonds. The lowest BCUT2D eigenvalue weighted by Gasteiger charge is -2.24. The number of hydrogen-bond donors (Lipinski definition) is 3. The molecule has 0 saturated carbocycles. The highest BCUT2D eigenvalue weighted by atomic mass is 32.2. The van der Waals surface area contributed by atoms with Crippen LogP contribution in [-0.4, -0.2) is 41.2 Å². The number of carboxylic acid groups (broad SMARTS) is 1. The van der Waals surface area contributed by atoms with Crippen LogP contribution in [0.1, 0.15) is 58.5 Å². The third-order valence-corrected chi connectivity index (χ3v) is 10.3. The van der Waals surface area contributed by atoms with E-state index in [2.05, 4.69) is 22.8 Å². The summed E-state index contributed by atoms with van der Waals surface area (Å²) in [4.78, 5) is 52.5. The molecular formula is C33H34N2O6S2. The van der Waals surface area contributed by atoms with E-state index in [1.165, 1.54) is 35.8 Å². The van der Waals surface area contributed by atoms with Crippen molar-refractivity contribution >= 4 is 57.5 Å². The lowest BCUT2D eigenvalue weighted by atomic mass is 9.82. The van der Waals surface area contributed by atoms with Crippen molar-refractivity contribution < 1.29 is 29.0 Å². The molecule has 3 aromatic rings. The molecule has 4 unspecified atom stereocenters. The number of hydrogen-bond acceptors (Lipinski definition) is 7. The molecule has 0 saturated heterocycles. The molecule has 1 aromatic heterocycles. The van der Waals surface area contributed by atoms with E-state index in [9.17, 15) is 24.3 Å². The topological polar surface area (TPSA) is 122 Å². The second-order valence-electron chi connectivity index (χ2n) is 10.8. The van der Waals surface area contributed by atoms with Gasteiger partial charge in [-0.1, -0.05) is 48.6 Å². The Labute approximate surface area is 258 Å². The number of carbonyl (C=O) groups excluding carboxylic acids is 3. The second-order valence-corrected chi connectivity index (χ2v) is 13.3. The molecule has 0 bridgehead atoms. The van der Waals surface area contributed by atoms with Crippen molar-refractivity contribution in [1.29, 1.82) is 0 Å². The third-order valence-electron chi connectivity index (χ3n) is 8.03. The fourth-order valence-electron chi connectivity index (χ4n) is 5.73. The molecule has 0 fully saturated rings. The van der Waals surface area contributed by atoms with Gasteiger partial charge in [-0.2, -0.15) is 0 Å². The number of allylic oxidation sites excluding steroid dienone is 2. The number of carbonyl (C=O) groups is 4. The van der Waals surface area contributed by atoms with Gasteiger partial charge in [0, 0.05) is 15.5 Å². The Balaban J connectivity index is 1.26. The molecule has 2 aliphatic rings. The van der Waals surface area contributed by atoms with E-state index >= 15 is 0 Å². The number of esters is 1. The molecule has 2 aromatic carbocycles. The summed E-state index contributed by atoms with van der Waals surface area (Å²) in [5.41, 5.74) is 3.21. The predicted octanol–water partition coefficient (Wildman–Crippen LogP) is 6.53. The first-order valence-corrected chi connectivity index (χ1v) is 16.0. The molecule has 0 spiro atoms. The molecular weight excluding hydrogens is 585 g/mol. The van der Waals surface area contributed by atoms with Crippen molar-refractivity contribution in [2.45, 2.75) is 55.1 Å². The van der Waals surface area contributed by atoms with Crippen molar-refractivity contribution in [3.63, 3.8) is 0 Å². The average Bonchev–Trinajstić information content (AvgIpc) is 3.38. The van der Waals surface area contributed by atoms with Crippen LogP contribution in [0.4, 0.5) is 10.7 Å². The van der Waals surface area contributed by atoms with Crippen molar-refractivity contribution in [2.75, 3.05) is 17.7 Å². The van der Waals surface area contributed by atoms with E-state index in [1.807, 2.05) is 30.3 Å². The summed E-state index contributed by atoms with van der Waals surface area (Å²) < 4.78 is 5.10. The summed E-state index contributed by atoms with van der Waals surface area (Å²) in [6.07, 6.45) is 6.80. The number of carboxylic acids is 1. The smallest absolute Gasteiger partial charge is 0.341 e. The molecule has 1 heterocycles. The number of fused-ring (bicyclic) bond motifs is 1. The van der Waals surface area contributed by atoms with Crippen LogP contribution in [-0.2, 0) is 32.0 Å². The van der Waals surface area contributed by atoms with Gasteiger partial charge in [0.15, 0.2) is 0 Å². The van der Waals surface area contributed by atoms with Gasteiger partial charge < -0.3 is 20.5 Å². The van der Waals surface area contributed by atoms with E-state index < -0.39 is 29.0 Å². The van der Waals surface area contributed by atoms with Crippen LogP contribution in [0, 0.1) is 11.8 Å². The summed E-state index contributed by atoms with van der Waals surface area (Å²) in [5.74, 6) is -3.06. The van der Waals surface area contributed by atoms with Crippen LogP contribution in [0.3, 0.4) is 0 Å². The minimum atomic E-state index is -0.980. The maximum atomic E-state index is 13.3. The fourth-order valence-corrected chi connectivity index (χ4v) is 7.98. The second kappa shape index (κ2) is 13.6. The summed E-state index contributed by atoms with van der Waals surface area (Å²) in [5, 5.41) is 15.4. The molecule has 0 aliphatic heterocycles. The summed E-state index contributed by atoms with van der Waals surface area (Å²) in [6.45, 7) is 1.79. The predicted molar refractivity (Wildman–Crippen MR) is 169 cm³/mol. The summed E-state index contributed by atoms with van der Waals surface area (Å²) in [7, 11) is 1.35. The lowest BCUT2D eigenvalue weighted by Crippen LogP contribution is -2.34. The number of rotatable bonds is 9. The van der Waals surface area contributed by atoms with E-state index in [0.29, 0.717) is 35.0 Å². The van der Waals surface area contributed by atoms with Crippen LogP contribution in [0.15, 0.2) is 71.6 Å². The molecule has 4 atom stereocenters. The first kappa shape index (κ1) is 30.6. The Morgan fingerprint density at radius 2 is 1.74 bits per heavy atom. The SMILES string of the molecule is COC(=O)c1c(NC(=O)C(C)Sc2cccc(NC(=O)C3CC=CCC3C(=O)O)c2)sc2c1CCC(c1ccccc1)C2. The van der Waals surface area contributed by atoms with E-state index in [1.54, 1.807) is 31.2 Å². The third kappa shape index (κ3) is 7.02. The molecule has 10 heteroatoms. The van der Waals surface area contributed by atoms with Gasteiger partial charge in [-0.05, 0) is 74.3 Å². The molecule has 224 valence electrons. The van der Waals surface area contributed by atoms with Gasteiger partial charge in [0.25, 0.3) is 0 Å². The zero-order chi connectivity index (χ0) is 30.5. The van der Waals surface area contributed by atoms with Crippen molar-refractivity contribution in [1.82, 2.24) is 0 Å². The van der Waals surface area contributed by atoms with Crippen LogP contribution < -0.4 is 10.6 Å². The van der Waals surface area contributed by atoms with Crippen LogP contribution in [0.5, 0.6) is 0 Å². The number of thioether (sulfide) groups is 1. The number of amides is 2. The zero-order valence-corrected chi connectivity index (χ0v) is 25.6.